The highest BCUT2D eigenvalue weighted by Crippen LogP contribution is 2.49. The molecule has 3 fully saturated rings. The van der Waals surface area contributed by atoms with Gasteiger partial charge in [-0.3, -0.25) is 4.79 Å². The van der Waals surface area contributed by atoms with Crippen molar-refractivity contribution in [3.05, 3.63) is 64.3 Å². The maximum atomic E-state index is 13.5. The quantitative estimate of drug-likeness (QED) is 0.160. The highest BCUT2D eigenvalue weighted by atomic mass is 32.2. The molecule has 1 unspecified atom stereocenters. The topological polar surface area (TPSA) is 100 Å². The third-order valence-corrected chi connectivity index (χ3v) is 15.5. The number of anilines is 1. The predicted octanol–water partition coefficient (Wildman–Crippen LogP) is 8.81. The lowest BCUT2D eigenvalue weighted by Crippen LogP contribution is -2.37. The average molecular weight is 765 g/mol. The van der Waals surface area contributed by atoms with Crippen molar-refractivity contribution in [2.24, 2.45) is 5.92 Å². The number of nitrogens with zero attached hydrogens (tertiary/aromatic N) is 5. The molecule has 2 aliphatic carbocycles. The lowest BCUT2D eigenvalue weighted by Gasteiger charge is -2.34. The molecule has 2 saturated carbocycles. The summed E-state index contributed by atoms with van der Waals surface area (Å²) in [6.45, 7) is 12.5. The van der Waals surface area contributed by atoms with E-state index in [-0.39, 0.29) is 0 Å². The summed E-state index contributed by atoms with van der Waals surface area (Å²) in [7, 11) is -3.66. The number of fused-ring (bicyclic) bond motifs is 7. The maximum Gasteiger partial charge on any atom is 0.264 e. The van der Waals surface area contributed by atoms with Gasteiger partial charge in [-0.1, -0.05) is 32.3 Å². The second-order valence-electron chi connectivity index (χ2n) is 16.2. The van der Waals surface area contributed by atoms with E-state index in [0.29, 0.717) is 30.2 Å². The fourth-order valence-electron chi connectivity index (χ4n) is 9.68. The van der Waals surface area contributed by atoms with E-state index < -0.39 is 21.2 Å². The second-order valence-corrected chi connectivity index (χ2v) is 19.4. The van der Waals surface area contributed by atoms with Gasteiger partial charge in [0.2, 0.25) is 10.0 Å². The van der Waals surface area contributed by atoms with E-state index >= 15 is 0 Å². The van der Waals surface area contributed by atoms with E-state index in [1.807, 2.05) is 12.1 Å². The summed E-state index contributed by atoms with van der Waals surface area (Å²) < 4.78 is 30.4. The van der Waals surface area contributed by atoms with Gasteiger partial charge in [0.15, 0.2) is 0 Å². The molecule has 4 aliphatic rings. The van der Waals surface area contributed by atoms with E-state index in [4.69, 9.17) is 9.97 Å². The standard InChI is InChI=1S/C43H52N6O3S2/c1-4-47-21-8-9-29(26-47)20-22-48-23-24-49-38-25-31(43(50)46-54(51,52)32-13-14-32)12-15-34(38)39(30-10-6-5-7-11-30)41(49)35-17-18-36-33(40(35)48)16-19-37(45-36)42-27(2)44-28(3)53-42/h12,15-19,25,29-30,32H,4-11,13-14,20-24,26H2,1-3H3,(H,46,50). The molecular formula is C43H52N6O3S2. The Bertz CT molecular complexity index is 2350. The second kappa shape index (κ2) is 14.4. The number of aromatic nitrogens is 3. The number of hydrogen-bond donors (Lipinski definition) is 1. The number of aryl methyl sites for hydroxylation is 2. The number of hydrogen-bond acceptors (Lipinski definition) is 8. The minimum Gasteiger partial charge on any atom is -0.369 e. The highest BCUT2D eigenvalue weighted by Gasteiger charge is 2.37. The summed E-state index contributed by atoms with van der Waals surface area (Å²) in [6, 6.07) is 14.9. The van der Waals surface area contributed by atoms with E-state index in [9.17, 15) is 13.2 Å². The Morgan fingerprint density at radius 1 is 0.907 bits per heavy atom. The zero-order valence-electron chi connectivity index (χ0n) is 31.9. The van der Waals surface area contributed by atoms with E-state index in [1.54, 1.807) is 11.3 Å². The van der Waals surface area contributed by atoms with Crippen molar-refractivity contribution in [1.82, 2.24) is 24.2 Å². The monoisotopic (exact) mass is 764 g/mol. The van der Waals surface area contributed by atoms with Crippen molar-refractivity contribution in [3.63, 3.8) is 0 Å². The van der Waals surface area contributed by atoms with Crippen LogP contribution in [0.2, 0.25) is 0 Å². The summed E-state index contributed by atoms with van der Waals surface area (Å²) in [5.74, 6) is 0.554. The Balaban J connectivity index is 1.20. The first kappa shape index (κ1) is 35.9. The number of nitrogens with one attached hydrogen (secondary N) is 1. The van der Waals surface area contributed by atoms with Crippen molar-refractivity contribution >= 4 is 54.8 Å². The molecule has 2 aromatic carbocycles. The number of likely N-dealkylation sites (tertiary alicyclic amines) is 1. The molecule has 11 heteroatoms. The van der Waals surface area contributed by atoms with Crippen molar-refractivity contribution < 1.29 is 13.2 Å². The third kappa shape index (κ3) is 6.64. The van der Waals surface area contributed by atoms with Crippen LogP contribution < -0.4 is 9.62 Å². The highest BCUT2D eigenvalue weighted by molar-refractivity contribution is 7.91. The molecule has 2 aliphatic heterocycles. The Labute approximate surface area is 323 Å². The van der Waals surface area contributed by atoms with Crippen LogP contribution in [0.15, 0.2) is 42.5 Å². The van der Waals surface area contributed by atoms with Gasteiger partial charge in [0.25, 0.3) is 5.91 Å². The smallest absolute Gasteiger partial charge is 0.264 e. The molecule has 3 aromatic heterocycles. The lowest BCUT2D eigenvalue weighted by atomic mass is 9.81. The van der Waals surface area contributed by atoms with Crippen molar-refractivity contribution in [2.45, 2.75) is 103 Å². The fraction of sp³-hybridized carbons (Fsp3) is 0.512. The molecule has 9 nitrogen and oxygen atoms in total. The number of pyridine rings is 1. The van der Waals surface area contributed by atoms with Gasteiger partial charge in [-0.05, 0) is 126 Å². The van der Waals surface area contributed by atoms with Crippen LogP contribution in [-0.4, -0.2) is 71.7 Å². The van der Waals surface area contributed by atoms with Crippen molar-refractivity contribution in [3.8, 4) is 21.8 Å². The summed E-state index contributed by atoms with van der Waals surface area (Å²) >= 11 is 1.70. The zero-order chi connectivity index (χ0) is 37.1. The lowest BCUT2D eigenvalue weighted by molar-refractivity contribution is 0.0981. The Kier molecular flexibility index (Phi) is 9.54. The maximum absolute atomic E-state index is 13.5. The normalized spacial score (nSPS) is 19.9. The number of carbonyl (C=O) groups excluding carboxylic acids is 1. The number of benzene rings is 2. The molecule has 1 atom stereocenters. The van der Waals surface area contributed by atoms with E-state index in [1.165, 1.54) is 78.5 Å². The van der Waals surface area contributed by atoms with Gasteiger partial charge >= 0.3 is 0 Å². The van der Waals surface area contributed by atoms with Gasteiger partial charge in [0.05, 0.1) is 43.4 Å². The summed E-state index contributed by atoms with van der Waals surface area (Å²) in [4.78, 5) is 29.8. The van der Waals surface area contributed by atoms with Gasteiger partial charge in [0, 0.05) is 53.6 Å². The molecule has 284 valence electrons. The first-order valence-corrected chi connectivity index (χ1v) is 22.6. The molecule has 0 bridgehead atoms. The first-order chi connectivity index (χ1) is 26.2. The molecule has 9 rings (SSSR count). The average Bonchev–Trinajstić information content (AvgIpc) is 3.96. The number of amides is 1. The molecule has 5 aromatic rings. The van der Waals surface area contributed by atoms with Crippen LogP contribution in [0.5, 0.6) is 0 Å². The Morgan fingerprint density at radius 3 is 2.48 bits per heavy atom. The summed E-state index contributed by atoms with van der Waals surface area (Å²) in [5, 5.41) is 2.95. The van der Waals surface area contributed by atoms with Crippen LogP contribution in [0.1, 0.15) is 104 Å². The van der Waals surface area contributed by atoms with Crippen LogP contribution in [-0.2, 0) is 16.6 Å². The van der Waals surface area contributed by atoms with Gasteiger partial charge in [-0.2, -0.15) is 0 Å². The SMILES string of the molecule is CCN1CCCC(CCN2CCn3c(c(C4CCCCC4)c4ccc(C(=O)NS(=O)(=O)C5CC5)cc43)-c3ccc4nc(-c5sc(C)nc5C)ccc4c32)C1. The van der Waals surface area contributed by atoms with Crippen LogP contribution in [0, 0.1) is 19.8 Å². The molecular weight excluding hydrogens is 713 g/mol. The molecule has 1 amide bonds. The molecule has 0 spiro atoms. The molecule has 0 radical (unpaired) electrons. The van der Waals surface area contributed by atoms with Crippen LogP contribution in [0.25, 0.3) is 43.6 Å². The van der Waals surface area contributed by atoms with E-state index in [2.05, 4.69) is 70.2 Å². The van der Waals surface area contributed by atoms with Crippen molar-refractivity contribution in [1.29, 1.82) is 0 Å². The van der Waals surface area contributed by atoms with Gasteiger partial charge < -0.3 is 14.4 Å². The molecule has 54 heavy (non-hydrogen) atoms. The van der Waals surface area contributed by atoms with Gasteiger partial charge in [-0.25, -0.2) is 23.1 Å². The van der Waals surface area contributed by atoms with Crippen LogP contribution in [0.3, 0.4) is 0 Å². The Morgan fingerprint density at radius 2 is 1.72 bits per heavy atom. The fourth-order valence-corrected chi connectivity index (χ4v) is 11.9. The van der Waals surface area contributed by atoms with E-state index in [0.717, 1.165) is 77.7 Å². The largest absolute Gasteiger partial charge is 0.369 e. The molecule has 5 heterocycles. The minimum atomic E-state index is -3.66. The first-order valence-electron chi connectivity index (χ1n) is 20.3. The summed E-state index contributed by atoms with van der Waals surface area (Å²) in [5.41, 5.74) is 9.54. The Hall–Kier alpha value is -3.80. The van der Waals surface area contributed by atoms with Crippen LogP contribution in [0.4, 0.5) is 5.69 Å². The summed E-state index contributed by atoms with van der Waals surface area (Å²) in [6.07, 6.45) is 10.9. The molecule has 1 N–H and O–H groups in total. The number of thiazole rings is 1. The molecule has 1 saturated heterocycles. The minimum absolute atomic E-state index is 0.394. The third-order valence-electron chi connectivity index (χ3n) is 12.6. The predicted molar refractivity (Wildman–Crippen MR) is 220 cm³/mol. The zero-order valence-corrected chi connectivity index (χ0v) is 33.5. The van der Waals surface area contributed by atoms with Gasteiger partial charge in [-0.15, -0.1) is 11.3 Å². The van der Waals surface area contributed by atoms with Gasteiger partial charge in [0.1, 0.15) is 0 Å². The van der Waals surface area contributed by atoms with Crippen LogP contribution >= 0.6 is 11.3 Å². The number of sulfonamides is 1. The number of carbonyl (C=O) groups is 1. The number of piperidine rings is 1. The number of rotatable bonds is 9. The van der Waals surface area contributed by atoms with Crippen molar-refractivity contribution in [2.75, 3.05) is 37.6 Å².